The second-order valence-electron chi connectivity index (χ2n) is 6.82. The van der Waals surface area contributed by atoms with Gasteiger partial charge < -0.3 is 15.1 Å². The van der Waals surface area contributed by atoms with E-state index in [1.807, 2.05) is 74.0 Å². The SMILES string of the molecule is CCN(CC)C(=O)C1CC(NC(=O)c2cccc(N(C)C)c2)CN1C. The summed E-state index contributed by atoms with van der Waals surface area (Å²) in [5.41, 5.74) is 1.64. The van der Waals surface area contributed by atoms with E-state index >= 15 is 0 Å². The number of amides is 2. The summed E-state index contributed by atoms with van der Waals surface area (Å²) in [4.78, 5) is 31.0. The summed E-state index contributed by atoms with van der Waals surface area (Å²) in [6.45, 7) is 6.11. The van der Waals surface area contributed by atoms with Crippen LogP contribution in [0.4, 0.5) is 5.69 Å². The summed E-state index contributed by atoms with van der Waals surface area (Å²) in [5.74, 6) is 0.0666. The van der Waals surface area contributed by atoms with Gasteiger partial charge in [-0.2, -0.15) is 0 Å². The maximum absolute atomic E-state index is 12.6. The smallest absolute Gasteiger partial charge is 0.251 e. The lowest BCUT2D eigenvalue weighted by Crippen LogP contribution is -2.44. The molecule has 6 nitrogen and oxygen atoms in total. The number of likely N-dealkylation sites (tertiary alicyclic amines) is 1. The molecule has 2 unspecified atom stereocenters. The highest BCUT2D eigenvalue weighted by Crippen LogP contribution is 2.19. The molecule has 0 aliphatic carbocycles. The van der Waals surface area contributed by atoms with Crippen LogP contribution in [-0.2, 0) is 4.79 Å². The molecule has 0 radical (unpaired) electrons. The summed E-state index contributed by atoms with van der Waals surface area (Å²) in [6.07, 6.45) is 0.658. The molecule has 0 aromatic heterocycles. The zero-order valence-corrected chi connectivity index (χ0v) is 16.0. The fourth-order valence-corrected chi connectivity index (χ4v) is 3.33. The highest BCUT2D eigenvalue weighted by molar-refractivity contribution is 5.95. The van der Waals surface area contributed by atoms with Gasteiger partial charge >= 0.3 is 0 Å². The van der Waals surface area contributed by atoms with Gasteiger partial charge in [-0.1, -0.05) is 6.07 Å². The normalized spacial score (nSPS) is 20.4. The van der Waals surface area contributed by atoms with E-state index in [0.29, 0.717) is 31.6 Å². The van der Waals surface area contributed by atoms with Crippen LogP contribution in [0, 0.1) is 0 Å². The van der Waals surface area contributed by atoms with Crippen LogP contribution in [0.15, 0.2) is 24.3 Å². The number of likely N-dealkylation sites (N-methyl/N-ethyl adjacent to an activating group) is 2. The molecule has 1 fully saturated rings. The highest BCUT2D eigenvalue weighted by Gasteiger charge is 2.36. The quantitative estimate of drug-likeness (QED) is 0.846. The molecular formula is C19H30N4O2. The van der Waals surface area contributed by atoms with Crippen molar-refractivity contribution in [1.29, 1.82) is 0 Å². The molecule has 2 rings (SSSR count). The first-order valence-electron chi connectivity index (χ1n) is 8.94. The Morgan fingerprint density at radius 1 is 1.24 bits per heavy atom. The molecule has 2 amide bonds. The maximum atomic E-state index is 12.6. The van der Waals surface area contributed by atoms with Crippen molar-refractivity contribution < 1.29 is 9.59 Å². The molecule has 0 saturated carbocycles. The molecule has 0 bridgehead atoms. The molecule has 1 aliphatic rings. The number of hydrogen-bond acceptors (Lipinski definition) is 4. The van der Waals surface area contributed by atoms with Crippen LogP contribution in [0.5, 0.6) is 0 Å². The molecule has 2 atom stereocenters. The van der Waals surface area contributed by atoms with Gasteiger partial charge in [-0.05, 0) is 45.5 Å². The average molecular weight is 346 g/mol. The van der Waals surface area contributed by atoms with Crippen molar-refractivity contribution in [3.63, 3.8) is 0 Å². The summed E-state index contributed by atoms with van der Waals surface area (Å²) in [7, 11) is 5.85. The molecule has 1 N–H and O–H groups in total. The molecule has 1 saturated heterocycles. The van der Waals surface area contributed by atoms with Crippen molar-refractivity contribution in [3.05, 3.63) is 29.8 Å². The minimum Gasteiger partial charge on any atom is -0.378 e. The van der Waals surface area contributed by atoms with E-state index in [9.17, 15) is 9.59 Å². The van der Waals surface area contributed by atoms with Gasteiger partial charge in [0.05, 0.1) is 6.04 Å². The van der Waals surface area contributed by atoms with Crippen molar-refractivity contribution in [3.8, 4) is 0 Å². The van der Waals surface area contributed by atoms with Gasteiger partial charge in [0.2, 0.25) is 5.91 Å². The van der Waals surface area contributed by atoms with Gasteiger partial charge in [0.1, 0.15) is 0 Å². The van der Waals surface area contributed by atoms with Crippen LogP contribution < -0.4 is 10.2 Å². The Morgan fingerprint density at radius 3 is 2.52 bits per heavy atom. The van der Waals surface area contributed by atoms with E-state index < -0.39 is 0 Å². The van der Waals surface area contributed by atoms with Gasteiger partial charge in [-0.25, -0.2) is 0 Å². The number of nitrogens with zero attached hydrogens (tertiary/aromatic N) is 3. The molecule has 1 heterocycles. The highest BCUT2D eigenvalue weighted by atomic mass is 16.2. The first-order valence-corrected chi connectivity index (χ1v) is 8.94. The van der Waals surface area contributed by atoms with E-state index in [-0.39, 0.29) is 23.9 Å². The van der Waals surface area contributed by atoms with E-state index in [0.717, 1.165) is 5.69 Å². The number of anilines is 1. The summed E-state index contributed by atoms with van der Waals surface area (Å²) in [6, 6.07) is 7.39. The van der Waals surface area contributed by atoms with Gasteiger partial charge in [0.15, 0.2) is 0 Å². The molecular weight excluding hydrogens is 316 g/mol. The number of benzene rings is 1. The van der Waals surface area contributed by atoms with Crippen LogP contribution in [0.2, 0.25) is 0 Å². The van der Waals surface area contributed by atoms with E-state index in [1.165, 1.54) is 0 Å². The minimum atomic E-state index is -0.154. The minimum absolute atomic E-state index is 0.00924. The van der Waals surface area contributed by atoms with Gasteiger partial charge in [0.25, 0.3) is 5.91 Å². The third-order valence-corrected chi connectivity index (χ3v) is 4.87. The number of nitrogens with one attached hydrogen (secondary N) is 1. The van der Waals surface area contributed by atoms with Crippen molar-refractivity contribution in [2.45, 2.75) is 32.4 Å². The fourth-order valence-electron chi connectivity index (χ4n) is 3.33. The molecule has 1 aromatic carbocycles. The van der Waals surface area contributed by atoms with Crippen molar-refractivity contribution in [2.75, 3.05) is 45.7 Å². The van der Waals surface area contributed by atoms with Crippen LogP contribution in [-0.4, -0.2) is 74.5 Å². The van der Waals surface area contributed by atoms with E-state index in [4.69, 9.17) is 0 Å². The van der Waals surface area contributed by atoms with Crippen molar-refractivity contribution >= 4 is 17.5 Å². The lowest BCUT2D eigenvalue weighted by atomic mass is 10.1. The Morgan fingerprint density at radius 2 is 1.92 bits per heavy atom. The molecule has 1 aliphatic heterocycles. The van der Waals surface area contributed by atoms with Crippen LogP contribution in [0.3, 0.4) is 0 Å². The summed E-state index contributed by atoms with van der Waals surface area (Å²) < 4.78 is 0. The van der Waals surface area contributed by atoms with E-state index in [2.05, 4.69) is 5.32 Å². The van der Waals surface area contributed by atoms with Crippen LogP contribution in [0.1, 0.15) is 30.6 Å². The predicted octanol–water partition coefficient (Wildman–Crippen LogP) is 1.42. The third kappa shape index (κ3) is 4.51. The standard InChI is InChI=1S/C19H30N4O2/c1-6-23(7-2)19(25)17-12-15(13-22(17)5)20-18(24)14-9-8-10-16(11-14)21(3)4/h8-11,15,17H,6-7,12-13H2,1-5H3,(H,20,24). The largest absolute Gasteiger partial charge is 0.378 e. The summed E-state index contributed by atoms with van der Waals surface area (Å²) >= 11 is 0. The Balaban J connectivity index is 2.01. The Kier molecular flexibility index (Phi) is 6.42. The number of hydrogen-bond donors (Lipinski definition) is 1. The second-order valence-corrected chi connectivity index (χ2v) is 6.82. The predicted molar refractivity (Wildman–Crippen MR) is 101 cm³/mol. The van der Waals surface area contributed by atoms with Crippen LogP contribution in [0.25, 0.3) is 0 Å². The Hall–Kier alpha value is -2.08. The van der Waals surface area contributed by atoms with E-state index in [1.54, 1.807) is 0 Å². The molecule has 25 heavy (non-hydrogen) atoms. The summed E-state index contributed by atoms with van der Waals surface area (Å²) in [5, 5.41) is 3.08. The molecule has 138 valence electrons. The maximum Gasteiger partial charge on any atom is 0.251 e. The van der Waals surface area contributed by atoms with Crippen LogP contribution >= 0.6 is 0 Å². The molecule has 1 aromatic rings. The number of carbonyl (C=O) groups is 2. The zero-order chi connectivity index (χ0) is 18.6. The third-order valence-electron chi connectivity index (χ3n) is 4.87. The monoisotopic (exact) mass is 346 g/mol. The Bertz CT molecular complexity index is 613. The van der Waals surface area contributed by atoms with Gasteiger partial charge in [-0.15, -0.1) is 0 Å². The number of rotatable bonds is 6. The zero-order valence-electron chi connectivity index (χ0n) is 16.0. The lowest BCUT2D eigenvalue weighted by Gasteiger charge is -2.26. The van der Waals surface area contributed by atoms with Gasteiger partial charge in [0, 0.05) is 51.0 Å². The van der Waals surface area contributed by atoms with Crippen molar-refractivity contribution in [2.24, 2.45) is 0 Å². The van der Waals surface area contributed by atoms with Crippen molar-refractivity contribution in [1.82, 2.24) is 15.1 Å². The molecule has 0 spiro atoms. The topological polar surface area (TPSA) is 55.9 Å². The van der Waals surface area contributed by atoms with Gasteiger partial charge in [-0.3, -0.25) is 14.5 Å². The molecule has 6 heteroatoms. The average Bonchev–Trinajstić information content (AvgIpc) is 2.96. The lowest BCUT2D eigenvalue weighted by molar-refractivity contribution is -0.135. The number of carbonyl (C=O) groups excluding carboxylic acids is 2. The second kappa shape index (κ2) is 8.34. The Labute approximate surface area is 150 Å². The first kappa shape index (κ1) is 19.2. The first-order chi connectivity index (χ1) is 11.9. The fraction of sp³-hybridized carbons (Fsp3) is 0.579.